The SMILES string of the molecule is Cc1cc([C@H]2[C@H](c3ccccn3)NC(=S)N2C2CCCCC2)c(C)n1Cc1ccco1. The summed E-state index contributed by atoms with van der Waals surface area (Å²) in [7, 11) is 0. The summed E-state index contributed by atoms with van der Waals surface area (Å²) in [6.07, 6.45) is 9.92. The second kappa shape index (κ2) is 8.50. The van der Waals surface area contributed by atoms with Gasteiger partial charge in [-0.2, -0.15) is 0 Å². The molecule has 1 saturated heterocycles. The number of nitrogens with zero attached hydrogens (tertiary/aromatic N) is 3. The van der Waals surface area contributed by atoms with Crippen LogP contribution in [0.25, 0.3) is 0 Å². The van der Waals surface area contributed by atoms with Crippen molar-refractivity contribution in [1.29, 1.82) is 0 Å². The highest BCUT2D eigenvalue weighted by molar-refractivity contribution is 7.80. The van der Waals surface area contributed by atoms with E-state index in [0.717, 1.165) is 23.1 Å². The van der Waals surface area contributed by atoms with Crippen LogP contribution in [0.5, 0.6) is 0 Å². The zero-order chi connectivity index (χ0) is 21.4. The molecule has 2 fully saturated rings. The van der Waals surface area contributed by atoms with Crippen LogP contribution in [0.4, 0.5) is 0 Å². The number of thiocarbonyl (C=S) groups is 1. The Morgan fingerprint density at radius 2 is 1.97 bits per heavy atom. The summed E-state index contributed by atoms with van der Waals surface area (Å²) in [4.78, 5) is 7.19. The van der Waals surface area contributed by atoms with E-state index in [1.807, 2.05) is 24.4 Å². The zero-order valence-electron chi connectivity index (χ0n) is 18.3. The van der Waals surface area contributed by atoms with Crippen molar-refractivity contribution in [1.82, 2.24) is 19.8 Å². The van der Waals surface area contributed by atoms with Gasteiger partial charge in [0.15, 0.2) is 5.11 Å². The molecule has 31 heavy (non-hydrogen) atoms. The van der Waals surface area contributed by atoms with Gasteiger partial charge in [0.25, 0.3) is 0 Å². The largest absolute Gasteiger partial charge is 0.467 e. The fourth-order valence-corrected chi connectivity index (χ4v) is 5.77. The molecular weight excluding hydrogens is 404 g/mol. The third-order valence-corrected chi connectivity index (χ3v) is 7.26. The minimum Gasteiger partial charge on any atom is -0.467 e. The molecule has 1 saturated carbocycles. The topological polar surface area (TPSA) is 46.2 Å². The van der Waals surface area contributed by atoms with Crippen LogP contribution in [0, 0.1) is 13.8 Å². The lowest BCUT2D eigenvalue weighted by atomic mass is 9.90. The Hall–Kier alpha value is -2.60. The molecule has 6 heteroatoms. The van der Waals surface area contributed by atoms with E-state index in [9.17, 15) is 0 Å². The Kier molecular flexibility index (Phi) is 5.57. The minimum atomic E-state index is 0.0492. The van der Waals surface area contributed by atoms with E-state index in [1.54, 1.807) is 6.26 Å². The smallest absolute Gasteiger partial charge is 0.170 e. The minimum absolute atomic E-state index is 0.0492. The Balaban J connectivity index is 1.57. The van der Waals surface area contributed by atoms with Gasteiger partial charge in [-0.3, -0.25) is 4.98 Å². The molecule has 3 aromatic rings. The lowest BCUT2D eigenvalue weighted by molar-refractivity contribution is 0.196. The number of rotatable bonds is 5. The van der Waals surface area contributed by atoms with E-state index in [2.05, 4.69) is 46.8 Å². The number of hydrogen-bond donors (Lipinski definition) is 1. The van der Waals surface area contributed by atoms with Gasteiger partial charge in [-0.1, -0.05) is 25.3 Å². The van der Waals surface area contributed by atoms with E-state index in [0.29, 0.717) is 6.04 Å². The molecule has 2 aliphatic rings. The maximum Gasteiger partial charge on any atom is 0.170 e. The van der Waals surface area contributed by atoms with E-state index >= 15 is 0 Å². The summed E-state index contributed by atoms with van der Waals surface area (Å²) in [5.74, 6) is 0.971. The van der Waals surface area contributed by atoms with Gasteiger partial charge in [0.05, 0.1) is 30.6 Å². The molecule has 2 atom stereocenters. The number of furan rings is 1. The highest BCUT2D eigenvalue weighted by atomic mass is 32.1. The maximum atomic E-state index is 5.92. The van der Waals surface area contributed by atoms with Gasteiger partial charge in [0.2, 0.25) is 0 Å². The standard InChI is InChI=1S/C25H30N4OS/c1-17-15-21(18(2)28(17)16-20-11-8-14-30-20)24-23(22-12-6-7-13-26-22)27-25(31)29(24)19-9-4-3-5-10-19/h6-8,11-15,19,23-24H,3-5,9-10,16H2,1-2H3,(H,27,31)/t23-,24-/m0/s1. The van der Waals surface area contributed by atoms with Gasteiger partial charge in [-0.15, -0.1) is 0 Å². The van der Waals surface area contributed by atoms with Crippen molar-refractivity contribution >= 4 is 17.3 Å². The second-order valence-corrected chi connectivity index (χ2v) is 9.20. The van der Waals surface area contributed by atoms with Crippen molar-refractivity contribution in [2.45, 2.75) is 70.6 Å². The molecule has 5 rings (SSSR count). The third-order valence-electron chi connectivity index (χ3n) is 6.93. The summed E-state index contributed by atoms with van der Waals surface area (Å²) in [6, 6.07) is 13.1. The van der Waals surface area contributed by atoms with Crippen LogP contribution in [0.1, 0.15) is 72.6 Å². The first-order valence-corrected chi connectivity index (χ1v) is 11.7. The molecule has 5 nitrogen and oxygen atoms in total. The monoisotopic (exact) mass is 434 g/mol. The molecule has 1 N–H and O–H groups in total. The normalized spacial score (nSPS) is 22.1. The molecule has 3 aromatic heterocycles. The zero-order valence-corrected chi connectivity index (χ0v) is 19.1. The molecule has 0 amide bonds. The van der Waals surface area contributed by atoms with Crippen molar-refractivity contribution in [3.05, 3.63) is 77.3 Å². The first kappa shape index (κ1) is 20.3. The lowest BCUT2D eigenvalue weighted by Crippen LogP contribution is -2.40. The van der Waals surface area contributed by atoms with Crippen molar-refractivity contribution in [2.75, 3.05) is 0 Å². The van der Waals surface area contributed by atoms with Crippen LogP contribution in [-0.2, 0) is 6.54 Å². The average Bonchev–Trinajstić information content (AvgIpc) is 3.50. The van der Waals surface area contributed by atoms with Gasteiger partial charge in [-0.05, 0) is 74.8 Å². The van der Waals surface area contributed by atoms with Gasteiger partial charge < -0.3 is 19.2 Å². The van der Waals surface area contributed by atoms with Crippen LogP contribution in [-0.4, -0.2) is 25.6 Å². The predicted molar refractivity (Wildman–Crippen MR) is 126 cm³/mol. The predicted octanol–water partition coefficient (Wildman–Crippen LogP) is 5.45. The average molecular weight is 435 g/mol. The summed E-state index contributed by atoms with van der Waals surface area (Å²) in [5, 5.41) is 4.50. The van der Waals surface area contributed by atoms with Gasteiger partial charge >= 0.3 is 0 Å². The number of hydrogen-bond acceptors (Lipinski definition) is 3. The number of aromatic nitrogens is 2. The maximum absolute atomic E-state index is 5.92. The van der Waals surface area contributed by atoms with Crippen molar-refractivity contribution < 1.29 is 4.42 Å². The third kappa shape index (κ3) is 3.78. The van der Waals surface area contributed by atoms with Crippen molar-refractivity contribution in [3.8, 4) is 0 Å². The van der Waals surface area contributed by atoms with Crippen LogP contribution >= 0.6 is 12.2 Å². The molecule has 0 spiro atoms. The lowest BCUT2D eigenvalue weighted by Gasteiger charge is -2.37. The molecule has 0 unspecified atom stereocenters. The van der Waals surface area contributed by atoms with Gasteiger partial charge in [0.1, 0.15) is 5.76 Å². The molecule has 0 bridgehead atoms. The summed E-state index contributed by atoms with van der Waals surface area (Å²) in [6.45, 7) is 5.15. The fraction of sp³-hybridized carbons (Fsp3) is 0.440. The van der Waals surface area contributed by atoms with E-state index < -0.39 is 0 Å². The van der Waals surface area contributed by atoms with Gasteiger partial charge in [0, 0.05) is 23.6 Å². The Morgan fingerprint density at radius 1 is 1.13 bits per heavy atom. The van der Waals surface area contributed by atoms with Crippen LogP contribution in [0.3, 0.4) is 0 Å². The Morgan fingerprint density at radius 3 is 2.68 bits per heavy atom. The molecular formula is C25H30N4OS. The number of nitrogens with one attached hydrogen (secondary N) is 1. The van der Waals surface area contributed by atoms with Crippen LogP contribution in [0.15, 0.2) is 53.3 Å². The number of pyridine rings is 1. The first-order chi connectivity index (χ1) is 15.1. The Labute approximate surface area is 189 Å². The highest BCUT2D eigenvalue weighted by Gasteiger charge is 2.44. The van der Waals surface area contributed by atoms with Gasteiger partial charge in [-0.25, -0.2) is 0 Å². The molecule has 0 radical (unpaired) electrons. The molecule has 0 aromatic carbocycles. The summed E-state index contributed by atoms with van der Waals surface area (Å²) in [5.41, 5.74) is 4.89. The van der Waals surface area contributed by atoms with E-state index in [-0.39, 0.29) is 12.1 Å². The quantitative estimate of drug-likeness (QED) is 0.541. The summed E-state index contributed by atoms with van der Waals surface area (Å²) < 4.78 is 7.98. The van der Waals surface area contributed by atoms with E-state index in [1.165, 1.54) is 49.1 Å². The van der Waals surface area contributed by atoms with E-state index in [4.69, 9.17) is 21.6 Å². The first-order valence-electron chi connectivity index (χ1n) is 11.3. The summed E-state index contributed by atoms with van der Waals surface area (Å²) >= 11 is 5.92. The molecule has 4 heterocycles. The molecule has 1 aliphatic heterocycles. The molecule has 162 valence electrons. The van der Waals surface area contributed by atoms with Crippen LogP contribution in [0.2, 0.25) is 0 Å². The Bertz CT molecular complexity index is 1040. The molecule has 1 aliphatic carbocycles. The van der Waals surface area contributed by atoms with Crippen molar-refractivity contribution in [2.24, 2.45) is 0 Å². The van der Waals surface area contributed by atoms with Crippen molar-refractivity contribution in [3.63, 3.8) is 0 Å². The highest BCUT2D eigenvalue weighted by Crippen LogP contribution is 2.44. The fourth-order valence-electron chi connectivity index (χ4n) is 5.38. The van der Waals surface area contributed by atoms with Crippen LogP contribution < -0.4 is 5.32 Å². The number of aryl methyl sites for hydroxylation is 1. The second-order valence-electron chi connectivity index (χ2n) is 8.82.